The Bertz CT molecular complexity index is 420. The summed E-state index contributed by atoms with van der Waals surface area (Å²) in [5, 5.41) is 1.16. The van der Waals surface area contributed by atoms with E-state index in [1.54, 1.807) is 0 Å². The van der Waals surface area contributed by atoms with Gasteiger partial charge in [0.25, 0.3) is 5.91 Å². The maximum Gasteiger partial charge on any atom is 0.263 e. The van der Waals surface area contributed by atoms with Crippen LogP contribution < -0.4 is 0 Å². The molecule has 4 heteroatoms. The van der Waals surface area contributed by atoms with Crippen LogP contribution in [0.2, 0.25) is 0 Å². The molecule has 1 saturated carbocycles. The van der Waals surface area contributed by atoms with Crippen molar-refractivity contribution in [2.24, 2.45) is 16.8 Å². The Labute approximate surface area is 119 Å². The minimum Gasteiger partial charge on any atom is -0.303 e. The van der Waals surface area contributed by atoms with E-state index in [0.29, 0.717) is 0 Å². The van der Waals surface area contributed by atoms with Crippen molar-refractivity contribution in [1.29, 1.82) is 0 Å². The number of hydrogen-bond acceptors (Lipinski definition) is 3. The van der Waals surface area contributed by atoms with Gasteiger partial charge in [0.05, 0.1) is 5.04 Å². The van der Waals surface area contributed by atoms with E-state index in [9.17, 15) is 4.79 Å². The van der Waals surface area contributed by atoms with E-state index in [0.717, 1.165) is 36.1 Å². The van der Waals surface area contributed by atoms with Crippen molar-refractivity contribution in [2.45, 2.75) is 49.7 Å². The van der Waals surface area contributed by atoms with Crippen LogP contribution in [0.4, 0.5) is 0 Å². The third-order valence-electron chi connectivity index (χ3n) is 5.57. The van der Waals surface area contributed by atoms with Crippen molar-refractivity contribution < 1.29 is 4.79 Å². The summed E-state index contributed by atoms with van der Waals surface area (Å²) in [6.45, 7) is 3.83. The van der Waals surface area contributed by atoms with Crippen molar-refractivity contribution >= 4 is 22.7 Å². The molecule has 1 aliphatic carbocycles. The topological polar surface area (TPSA) is 32.7 Å². The van der Waals surface area contributed by atoms with Crippen LogP contribution >= 0.6 is 11.8 Å². The van der Waals surface area contributed by atoms with Crippen LogP contribution in [-0.4, -0.2) is 40.2 Å². The van der Waals surface area contributed by atoms with Gasteiger partial charge in [-0.2, -0.15) is 0 Å². The zero-order valence-corrected chi connectivity index (χ0v) is 12.3. The molecule has 2 bridgehead atoms. The molecule has 4 heterocycles. The van der Waals surface area contributed by atoms with Gasteiger partial charge in [-0.25, -0.2) is 4.99 Å². The number of rotatable bonds is 2. The Balaban J connectivity index is 1.44. The van der Waals surface area contributed by atoms with E-state index in [4.69, 9.17) is 0 Å². The van der Waals surface area contributed by atoms with Crippen LogP contribution in [0, 0.1) is 11.8 Å². The first-order valence-electron chi connectivity index (χ1n) is 7.79. The van der Waals surface area contributed by atoms with Gasteiger partial charge >= 0.3 is 0 Å². The number of hydrogen-bond donors (Lipinski definition) is 0. The summed E-state index contributed by atoms with van der Waals surface area (Å²) in [4.78, 5) is 19.2. The van der Waals surface area contributed by atoms with Crippen LogP contribution in [0.1, 0.15) is 44.9 Å². The van der Waals surface area contributed by atoms with Crippen LogP contribution in [0.3, 0.4) is 0 Å². The summed E-state index contributed by atoms with van der Waals surface area (Å²) in [7, 11) is 0. The fourth-order valence-electron chi connectivity index (χ4n) is 4.40. The van der Waals surface area contributed by atoms with Gasteiger partial charge in [-0.05, 0) is 50.6 Å². The van der Waals surface area contributed by atoms with E-state index in [2.05, 4.69) is 9.89 Å². The number of nitrogens with zero attached hydrogens (tertiary/aromatic N) is 2. The van der Waals surface area contributed by atoms with Crippen LogP contribution in [-0.2, 0) is 4.79 Å². The third-order valence-corrected chi connectivity index (χ3v) is 7.04. The second kappa shape index (κ2) is 4.59. The van der Waals surface area contributed by atoms with Gasteiger partial charge in [0, 0.05) is 13.0 Å². The lowest BCUT2D eigenvalue weighted by molar-refractivity contribution is -0.119. The Morgan fingerprint density at radius 3 is 2.63 bits per heavy atom. The summed E-state index contributed by atoms with van der Waals surface area (Å²) in [6, 6.07) is 0. The highest BCUT2D eigenvalue weighted by Gasteiger charge is 2.47. The van der Waals surface area contributed by atoms with Gasteiger partial charge in [0.2, 0.25) is 0 Å². The molecular weight excluding hydrogens is 256 g/mol. The second-order valence-electron chi connectivity index (χ2n) is 6.72. The zero-order valence-electron chi connectivity index (χ0n) is 11.4. The molecule has 0 radical (unpaired) electrons. The van der Waals surface area contributed by atoms with E-state index in [1.807, 2.05) is 11.8 Å². The van der Waals surface area contributed by atoms with E-state index < -0.39 is 0 Å². The van der Waals surface area contributed by atoms with Crippen molar-refractivity contribution in [3.63, 3.8) is 0 Å². The van der Waals surface area contributed by atoms with E-state index >= 15 is 0 Å². The van der Waals surface area contributed by atoms with Crippen LogP contribution in [0.25, 0.3) is 0 Å². The summed E-state index contributed by atoms with van der Waals surface area (Å²) in [5.41, 5.74) is 0. The molecule has 1 unspecified atom stereocenters. The van der Waals surface area contributed by atoms with Crippen molar-refractivity contribution in [1.82, 2.24) is 4.90 Å². The molecule has 19 heavy (non-hydrogen) atoms. The molecule has 1 spiro atoms. The number of carbonyl (C=O) groups excluding carboxylic acids is 1. The maximum absolute atomic E-state index is 12.2. The van der Waals surface area contributed by atoms with Crippen LogP contribution in [0.5, 0.6) is 0 Å². The largest absolute Gasteiger partial charge is 0.303 e. The second-order valence-corrected chi connectivity index (χ2v) is 8.17. The summed E-state index contributed by atoms with van der Waals surface area (Å²) < 4.78 is -0.122. The molecule has 3 saturated heterocycles. The van der Waals surface area contributed by atoms with Crippen LogP contribution in [0.15, 0.2) is 4.99 Å². The average molecular weight is 278 g/mol. The molecule has 1 atom stereocenters. The number of amides is 1. The van der Waals surface area contributed by atoms with Gasteiger partial charge < -0.3 is 4.90 Å². The number of thioether (sulfide) groups is 1. The van der Waals surface area contributed by atoms with Crippen molar-refractivity contribution in [3.8, 4) is 0 Å². The predicted octanol–water partition coefficient (Wildman–Crippen LogP) is 2.70. The molecular formula is C15H22N2OS. The molecule has 4 aliphatic heterocycles. The highest BCUT2D eigenvalue weighted by atomic mass is 32.2. The lowest BCUT2D eigenvalue weighted by atomic mass is 9.78. The van der Waals surface area contributed by atoms with Gasteiger partial charge in [-0.3, -0.25) is 4.79 Å². The van der Waals surface area contributed by atoms with Gasteiger partial charge in [-0.1, -0.05) is 24.6 Å². The quantitative estimate of drug-likeness (QED) is 0.778. The first kappa shape index (κ1) is 12.4. The summed E-state index contributed by atoms with van der Waals surface area (Å²) in [5.74, 6) is 1.84. The maximum atomic E-state index is 12.2. The fraction of sp³-hybridized carbons (Fsp3) is 0.867. The van der Waals surface area contributed by atoms with Crippen molar-refractivity contribution in [3.05, 3.63) is 0 Å². The zero-order chi connectivity index (χ0) is 12.9. The van der Waals surface area contributed by atoms with E-state index in [1.165, 1.54) is 45.3 Å². The summed E-state index contributed by atoms with van der Waals surface area (Å²) in [6.07, 6.45) is 8.33. The Kier molecular flexibility index (Phi) is 2.99. The van der Waals surface area contributed by atoms with Gasteiger partial charge in [0.1, 0.15) is 4.75 Å². The number of aliphatic imine (C=N–C) groups is 1. The molecule has 0 aromatic heterocycles. The Hall–Kier alpha value is -0.350. The monoisotopic (exact) mass is 278 g/mol. The Morgan fingerprint density at radius 1 is 1.26 bits per heavy atom. The molecule has 104 valence electrons. The molecule has 4 fully saturated rings. The molecule has 0 N–H and O–H groups in total. The molecule has 3 nitrogen and oxygen atoms in total. The van der Waals surface area contributed by atoms with Crippen molar-refractivity contribution in [2.75, 3.05) is 19.6 Å². The third kappa shape index (κ3) is 2.07. The normalized spacial score (nSPS) is 40.1. The number of piperidine rings is 3. The first-order valence-corrected chi connectivity index (χ1v) is 8.60. The first-order chi connectivity index (χ1) is 9.25. The smallest absolute Gasteiger partial charge is 0.263 e. The highest BCUT2D eigenvalue weighted by Crippen LogP contribution is 2.48. The predicted molar refractivity (Wildman–Crippen MR) is 78.5 cm³/mol. The Morgan fingerprint density at radius 2 is 2.00 bits per heavy atom. The van der Waals surface area contributed by atoms with Gasteiger partial charge in [0.15, 0.2) is 0 Å². The number of carbonyl (C=O) groups is 1. The van der Waals surface area contributed by atoms with E-state index in [-0.39, 0.29) is 10.7 Å². The SMILES string of the molecule is O=C1N=C(CC2CN3CCC2CC3)SC12CCCC2. The fourth-order valence-corrected chi connectivity index (χ4v) is 5.90. The highest BCUT2D eigenvalue weighted by molar-refractivity contribution is 8.16. The average Bonchev–Trinajstić information content (AvgIpc) is 3.00. The lowest BCUT2D eigenvalue weighted by Crippen LogP contribution is -2.47. The number of fused-ring (bicyclic) bond motifs is 3. The standard InChI is InChI=1S/C15H22N2OS/c18-14-15(5-1-2-6-15)19-13(16-14)9-12-10-17-7-3-11(12)4-8-17/h11-12H,1-10H2. The lowest BCUT2D eigenvalue weighted by Gasteiger charge is -2.44. The molecule has 5 aliphatic rings. The molecule has 0 aromatic carbocycles. The summed E-state index contributed by atoms with van der Waals surface area (Å²) >= 11 is 1.83. The molecule has 0 aromatic rings. The van der Waals surface area contributed by atoms with Gasteiger partial charge in [-0.15, -0.1) is 0 Å². The minimum atomic E-state index is -0.122. The molecule has 5 rings (SSSR count). The molecule has 1 amide bonds. The minimum absolute atomic E-state index is 0.122.